The van der Waals surface area contributed by atoms with Crippen LogP contribution in [0.5, 0.6) is 5.75 Å². The van der Waals surface area contributed by atoms with Crippen LogP contribution >= 0.6 is 0 Å². The molecule has 31 heavy (non-hydrogen) atoms. The Kier molecular flexibility index (Phi) is 5.19. The maximum absolute atomic E-state index is 12.8. The Labute approximate surface area is 184 Å². The van der Waals surface area contributed by atoms with Gasteiger partial charge in [0, 0.05) is 0 Å². The maximum atomic E-state index is 12.8. The molecule has 8 heteroatoms. The van der Waals surface area contributed by atoms with Crippen molar-refractivity contribution in [2.45, 2.75) is 20.0 Å². The van der Waals surface area contributed by atoms with E-state index in [1.54, 1.807) is 7.11 Å². The third-order valence-electron chi connectivity index (χ3n) is 5.16. The van der Waals surface area contributed by atoms with Crippen molar-refractivity contribution in [3.63, 3.8) is 0 Å². The molecule has 0 aliphatic rings. The van der Waals surface area contributed by atoms with E-state index in [2.05, 4.69) is 10.3 Å². The van der Waals surface area contributed by atoms with Gasteiger partial charge in [0.25, 0.3) is 0 Å². The number of hydrogen-bond acceptors (Lipinski definition) is 5. The summed E-state index contributed by atoms with van der Waals surface area (Å²) < 4.78 is 8.99. The quantitative estimate of drug-likeness (QED) is 0.367. The second-order valence-electron chi connectivity index (χ2n) is 7.26. The first-order chi connectivity index (χ1) is 15.1. The first-order valence-corrected chi connectivity index (χ1v) is 11.7. The summed E-state index contributed by atoms with van der Waals surface area (Å²) in [6, 6.07) is 17.9. The first-order valence-electron chi connectivity index (χ1n) is 9.94. The molecule has 0 amide bonds. The van der Waals surface area contributed by atoms with Crippen molar-refractivity contribution >= 4 is 34.1 Å². The number of fused-ring (bicyclic) bond motifs is 3. The molecule has 0 fully saturated rings. The summed E-state index contributed by atoms with van der Waals surface area (Å²) in [4.78, 5) is 20.6. The van der Waals surface area contributed by atoms with Crippen molar-refractivity contribution in [3.8, 4) is 11.4 Å². The summed E-state index contributed by atoms with van der Waals surface area (Å²) in [5, 5.41) is 9.09. The van der Waals surface area contributed by atoms with E-state index in [4.69, 9.17) is 14.8 Å². The monoisotopic (exact) mass is 479 g/mol. The Hall–Kier alpha value is -3.19. The number of aromatic amines is 1. The summed E-state index contributed by atoms with van der Waals surface area (Å²) in [6.07, 6.45) is 0. The van der Waals surface area contributed by atoms with Crippen molar-refractivity contribution in [1.82, 2.24) is 25.1 Å². The van der Waals surface area contributed by atoms with Gasteiger partial charge in [-0.05, 0) is 0 Å². The molecule has 3 heterocycles. The molecule has 2 N–H and O–H groups in total. The van der Waals surface area contributed by atoms with E-state index in [1.165, 1.54) is 0 Å². The second-order valence-corrected chi connectivity index (χ2v) is 9.35. The molecular formula is C23H21N5O2Se. The van der Waals surface area contributed by atoms with Crippen LogP contribution in [0.3, 0.4) is 0 Å². The minimum absolute atomic E-state index is 0.0542. The van der Waals surface area contributed by atoms with E-state index >= 15 is 0 Å². The first kappa shape index (κ1) is 19.8. The van der Waals surface area contributed by atoms with Crippen LogP contribution in [0.4, 0.5) is 0 Å². The topological polar surface area (TPSA) is 84.8 Å². The number of para-hydroxylation sites is 1. The fourth-order valence-corrected chi connectivity index (χ4v) is 6.07. The van der Waals surface area contributed by atoms with Crippen LogP contribution in [0.15, 0.2) is 59.4 Å². The average molecular weight is 478 g/mol. The van der Waals surface area contributed by atoms with Crippen LogP contribution in [0, 0.1) is 6.92 Å². The second kappa shape index (κ2) is 8.15. The molecule has 156 valence electrons. The van der Waals surface area contributed by atoms with Crippen molar-refractivity contribution in [1.29, 1.82) is 0 Å². The van der Waals surface area contributed by atoms with Gasteiger partial charge in [0.15, 0.2) is 0 Å². The van der Waals surface area contributed by atoms with Gasteiger partial charge in [0.2, 0.25) is 0 Å². The Morgan fingerprint density at radius 1 is 1.10 bits per heavy atom. The minimum atomic E-state index is -0.141. The van der Waals surface area contributed by atoms with Gasteiger partial charge in [-0.3, -0.25) is 0 Å². The molecule has 0 radical (unpaired) electrons. The fraction of sp³-hybridized carbons (Fsp3) is 0.174. The van der Waals surface area contributed by atoms with E-state index in [9.17, 15) is 4.79 Å². The zero-order valence-corrected chi connectivity index (χ0v) is 18.9. The van der Waals surface area contributed by atoms with Gasteiger partial charge in [0.1, 0.15) is 0 Å². The molecule has 0 unspecified atom stereocenters. The number of aromatic nitrogens is 4. The molecule has 0 saturated heterocycles. The van der Waals surface area contributed by atoms with Crippen LogP contribution in [0.25, 0.3) is 25.2 Å². The Balaban J connectivity index is 1.46. The van der Waals surface area contributed by atoms with Crippen LogP contribution in [-0.4, -0.2) is 41.4 Å². The van der Waals surface area contributed by atoms with Gasteiger partial charge in [-0.15, -0.1) is 0 Å². The van der Waals surface area contributed by atoms with Crippen molar-refractivity contribution in [3.05, 3.63) is 82.0 Å². The standard InChI is InChI=1S/C23H21N5O2Se/c1-14-19-20-21(31-23(19)28(27-14)16-6-4-3-5-7-16)22(29)26-18(25-20)13-24-12-15-8-10-17(30-2)11-9-15/h3-11,24H,12-13H2,1-2H3,(H,25,26,29). The number of benzene rings is 2. The van der Waals surface area contributed by atoms with Gasteiger partial charge >= 0.3 is 177 Å². The number of rotatable bonds is 6. The van der Waals surface area contributed by atoms with Gasteiger partial charge in [0.05, 0.1) is 7.11 Å². The molecule has 3 aromatic heterocycles. The van der Waals surface area contributed by atoms with Gasteiger partial charge < -0.3 is 0 Å². The number of methoxy groups -OCH3 is 1. The summed E-state index contributed by atoms with van der Waals surface area (Å²) >= 11 is -0.141. The van der Waals surface area contributed by atoms with Gasteiger partial charge in [-0.2, -0.15) is 0 Å². The molecule has 0 saturated carbocycles. The number of aryl methyl sites for hydroxylation is 1. The molecule has 5 aromatic rings. The molecular weight excluding hydrogens is 457 g/mol. The van der Waals surface area contributed by atoms with Crippen LogP contribution in [0.2, 0.25) is 0 Å². The van der Waals surface area contributed by atoms with Crippen molar-refractivity contribution < 1.29 is 4.74 Å². The van der Waals surface area contributed by atoms with E-state index in [0.717, 1.165) is 42.2 Å². The predicted molar refractivity (Wildman–Crippen MR) is 122 cm³/mol. The fourth-order valence-electron chi connectivity index (χ4n) is 3.64. The summed E-state index contributed by atoms with van der Waals surface area (Å²) in [6.45, 7) is 3.13. The summed E-state index contributed by atoms with van der Waals surface area (Å²) in [5.74, 6) is 1.46. The third kappa shape index (κ3) is 3.70. The van der Waals surface area contributed by atoms with Crippen molar-refractivity contribution in [2.24, 2.45) is 0 Å². The van der Waals surface area contributed by atoms with E-state index < -0.39 is 0 Å². The summed E-state index contributed by atoms with van der Waals surface area (Å²) in [7, 11) is 1.65. The molecule has 5 rings (SSSR count). The number of hydrogen-bond donors (Lipinski definition) is 2. The molecule has 0 bridgehead atoms. The van der Waals surface area contributed by atoms with Crippen LogP contribution < -0.4 is 15.6 Å². The van der Waals surface area contributed by atoms with E-state index in [1.807, 2.05) is 66.2 Å². The Morgan fingerprint density at radius 2 is 1.87 bits per heavy atom. The Bertz CT molecular complexity index is 1420. The SMILES string of the molecule is COc1ccc(CNCc2nc3c([se]c4c3c(C)nn4-c3ccccc3)c(=O)[nH]2)cc1. The summed E-state index contributed by atoms with van der Waals surface area (Å²) in [5.41, 5.74) is 3.75. The average Bonchev–Trinajstić information content (AvgIpc) is 3.33. The Morgan fingerprint density at radius 3 is 2.61 bits per heavy atom. The molecule has 7 nitrogen and oxygen atoms in total. The number of ether oxygens (including phenoxy) is 1. The van der Waals surface area contributed by atoms with Crippen LogP contribution in [0.1, 0.15) is 17.1 Å². The molecule has 0 aliphatic carbocycles. The van der Waals surface area contributed by atoms with Crippen molar-refractivity contribution in [2.75, 3.05) is 7.11 Å². The zero-order valence-electron chi connectivity index (χ0n) is 17.2. The zero-order chi connectivity index (χ0) is 21.4. The third-order valence-corrected chi connectivity index (χ3v) is 7.58. The normalized spacial score (nSPS) is 11.4. The predicted octanol–water partition coefficient (Wildman–Crippen LogP) is 2.93. The molecule has 0 atom stereocenters. The number of nitrogens with zero attached hydrogens (tertiary/aromatic N) is 3. The number of H-pyrrole nitrogens is 1. The van der Waals surface area contributed by atoms with Gasteiger partial charge in [-0.25, -0.2) is 0 Å². The van der Waals surface area contributed by atoms with E-state index in [0.29, 0.717) is 18.9 Å². The molecule has 0 spiro atoms. The van der Waals surface area contributed by atoms with E-state index in [-0.39, 0.29) is 20.1 Å². The number of nitrogens with one attached hydrogen (secondary N) is 2. The van der Waals surface area contributed by atoms with Crippen LogP contribution in [-0.2, 0) is 13.1 Å². The van der Waals surface area contributed by atoms with Gasteiger partial charge in [-0.1, -0.05) is 0 Å². The molecule has 2 aromatic carbocycles. The molecule has 0 aliphatic heterocycles.